The summed E-state index contributed by atoms with van der Waals surface area (Å²) in [5.74, 6) is 2.05. The van der Waals surface area contributed by atoms with Crippen LogP contribution in [-0.4, -0.2) is 21.3 Å². The summed E-state index contributed by atoms with van der Waals surface area (Å²) >= 11 is 0. The van der Waals surface area contributed by atoms with Gasteiger partial charge in [-0.3, -0.25) is 0 Å². The van der Waals surface area contributed by atoms with E-state index in [1.54, 1.807) is 21.3 Å². The van der Waals surface area contributed by atoms with E-state index in [1.807, 2.05) is 32.9 Å². The van der Waals surface area contributed by atoms with Crippen molar-refractivity contribution in [3.8, 4) is 17.2 Å². The summed E-state index contributed by atoms with van der Waals surface area (Å²) in [5.41, 5.74) is 1.03. The van der Waals surface area contributed by atoms with Crippen LogP contribution in [0.1, 0.15) is 19.4 Å². The van der Waals surface area contributed by atoms with E-state index in [0.29, 0.717) is 11.5 Å². The number of rotatable bonds is 3. The van der Waals surface area contributed by atoms with E-state index in [4.69, 9.17) is 14.2 Å². The molecular weight excluding hydrogens is 192 g/mol. The Labute approximate surface area is 92.0 Å². The molecule has 0 aliphatic rings. The predicted octanol–water partition coefficient (Wildman–Crippen LogP) is 3.05. The molecule has 0 bridgehead atoms. The number of hydrogen-bond donors (Lipinski definition) is 0. The Kier molecular flexibility index (Phi) is 6.34. The van der Waals surface area contributed by atoms with Crippen LogP contribution in [0.25, 0.3) is 0 Å². The van der Waals surface area contributed by atoms with Crippen molar-refractivity contribution >= 4 is 0 Å². The largest absolute Gasteiger partial charge is 0.493 e. The third-order valence-electron chi connectivity index (χ3n) is 1.90. The maximum Gasteiger partial charge on any atom is 0.203 e. The van der Waals surface area contributed by atoms with Crippen LogP contribution in [-0.2, 0) is 0 Å². The summed E-state index contributed by atoms with van der Waals surface area (Å²) in [4.78, 5) is 0. The molecule has 0 aliphatic heterocycles. The predicted molar refractivity (Wildman–Crippen MR) is 62.2 cm³/mol. The summed E-state index contributed by atoms with van der Waals surface area (Å²) in [6.45, 7) is 5.96. The van der Waals surface area contributed by atoms with Crippen LogP contribution in [0.2, 0.25) is 0 Å². The standard InChI is InChI=1S/C10H14O3.C2H6/c1-7-5-6-8(11-2)10(13-4)9(7)12-3;1-2/h5-6H,1-4H3;1-2H3. The third-order valence-corrected chi connectivity index (χ3v) is 1.90. The first-order valence-corrected chi connectivity index (χ1v) is 5.00. The van der Waals surface area contributed by atoms with Crippen LogP contribution in [0.15, 0.2) is 12.1 Å². The minimum atomic E-state index is 0.644. The zero-order valence-corrected chi connectivity index (χ0v) is 10.4. The molecule has 0 aromatic heterocycles. The first kappa shape index (κ1) is 13.6. The molecule has 1 rings (SSSR count). The molecule has 0 saturated carbocycles. The molecule has 0 saturated heterocycles. The summed E-state index contributed by atoms with van der Waals surface area (Å²) < 4.78 is 15.5. The van der Waals surface area contributed by atoms with Crippen LogP contribution in [0.5, 0.6) is 17.2 Å². The molecule has 0 heterocycles. The lowest BCUT2D eigenvalue weighted by Crippen LogP contribution is -1.96. The number of aryl methyl sites for hydroxylation is 1. The van der Waals surface area contributed by atoms with Crippen molar-refractivity contribution in [1.29, 1.82) is 0 Å². The van der Waals surface area contributed by atoms with Gasteiger partial charge in [-0.15, -0.1) is 0 Å². The Balaban J connectivity index is 0.000000921. The Morgan fingerprint density at radius 2 is 1.33 bits per heavy atom. The zero-order valence-electron chi connectivity index (χ0n) is 10.4. The number of methoxy groups -OCH3 is 3. The minimum absolute atomic E-state index is 0.644. The van der Waals surface area contributed by atoms with E-state index in [-0.39, 0.29) is 0 Å². The monoisotopic (exact) mass is 212 g/mol. The van der Waals surface area contributed by atoms with Crippen molar-refractivity contribution < 1.29 is 14.2 Å². The molecule has 0 radical (unpaired) electrons. The fourth-order valence-electron chi connectivity index (χ4n) is 1.25. The van der Waals surface area contributed by atoms with Gasteiger partial charge in [0.25, 0.3) is 0 Å². The summed E-state index contributed by atoms with van der Waals surface area (Å²) in [7, 11) is 4.82. The van der Waals surface area contributed by atoms with Gasteiger partial charge in [0.05, 0.1) is 21.3 Å². The first-order valence-electron chi connectivity index (χ1n) is 5.00. The second kappa shape index (κ2) is 6.98. The SMILES string of the molecule is CC.COc1ccc(C)c(OC)c1OC. The molecule has 1 aromatic rings. The van der Waals surface area contributed by atoms with Gasteiger partial charge in [0.15, 0.2) is 11.5 Å². The fourth-order valence-corrected chi connectivity index (χ4v) is 1.25. The maximum atomic E-state index is 5.20. The van der Waals surface area contributed by atoms with Gasteiger partial charge in [-0.2, -0.15) is 0 Å². The second-order valence-corrected chi connectivity index (χ2v) is 2.65. The number of ether oxygens (including phenoxy) is 3. The molecule has 0 spiro atoms. The van der Waals surface area contributed by atoms with Crippen molar-refractivity contribution in [3.05, 3.63) is 17.7 Å². The average Bonchev–Trinajstić information content (AvgIpc) is 2.31. The lowest BCUT2D eigenvalue weighted by molar-refractivity contribution is 0.323. The van der Waals surface area contributed by atoms with Gasteiger partial charge < -0.3 is 14.2 Å². The van der Waals surface area contributed by atoms with E-state index < -0.39 is 0 Å². The molecule has 0 atom stereocenters. The van der Waals surface area contributed by atoms with E-state index in [2.05, 4.69) is 0 Å². The molecule has 86 valence electrons. The molecule has 0 N–H and O–H groups in total. The van der Waals surface area contributed by atoms with Gasteiger partial charge in [-0.1, -0.05) is 19.9 Å². The summed E-state index contributed by atoms with van der Waals surface area (Å²) in [5, 5.41) is 0. The maximum absolute atomic E-state index is 5.20. The zero-order chi connectivity index (χ0) is 11.8. The van der Waals surface area contributed by atoms with Gasteiger partial charge >= 0.3 is 0 Å². The Morgan fingerprint density at radius 3 is 1.73 bits per heavy atom. The van der Waals surface area contributed by atoms with E-state index in [0.717, 1.165) is 11.3 Å². The van der Waals surface area contributed by atoms with E-state index in [9.17, 15) is 0 Å². The molecule has 0 amide bonds. The van der Waals surface area contributed by atoms with Gasteiger partial charge in [-0.25, -0.2) is 0 Å². The van der Waals surface area contributed by atoms with Crippen molar-refractivity contribution in [2.75, 3.05) is 21.3 Å². The van der Waals surface area contributed by atoms with Gasteiger partial charge in [0.2, 0.25) is 5.75 Å². The highest BCUT2D eigenvalue weighted by molar-refractivity contribution is 5.55. The molecule has 0 unspecified atom stereocenters. The van der Waals surface area contributed by atoms with E-state index in [1.165, 1.54) is 0 Å². The van der Waals surface area contributed by atoms with Gasteiger partial charge in [0, 0.05) is 0 Å². The molecule has 0 fully saturated rings. The van der Waals surface area contributed by atoms with E-state index >= 15 is 0 Å². The molecular formula is C12H20O3. The molecule has 3 heteroatoms. The van der Waals surface area contributed by atoms with Crippen LogP contribution in [0, 0.1) is 6.92 Å². The topological polar surface area (TPSA) is 27.7 Å². The number of benzene rings is 1. The smallest absolute Gasteiger partial charge is 0.203 e. The highest BCUT2D eigenvalue weighted by Gasteiger charge is 2.12. The van der Waals surface area contributed by atoms with Gasteiger partial charge in [-0.05, 0) is 18.6 Å². The van der Waals surface area contributed by atoms with Crippen molar-refractivity contribution in [1.82, 2.24) is 0 Å². The Morgan fingerprint density at radius 1 is 0.800 bits per heavy atom. The summed E-state index contributed by atoms with van der Waals surface area (Å²) in [6, 6.07) is 3.79. The third kappa shape index (κ3) is 3.05. The van der Waals surface area contributed by atoms with Crippen molar-refractivity contribution in [3.63, 3.8) is 0 Å². The van der Waals surface area contributed by atoms with Crippen LogP contribution in [0.3, 0.4) is 0 Å². The van der Waals surface area contributed by atoms with Crippen LogP contribution in [0.4, 0.5) is 0 Å². The van der Waals surface area contributed by atoms with Crippen molar-refractivity contribution in [2.24, 2.45) is 0 Å². The quantitative estimate of drug-likeness (QED) is 0.770. The minimum Gasteiger partial charge on any atom is -0.493 e. The highest BCUT2D eigenvalue weighted by Crippen LogP contribution is 2.38. The molecule has 3 nitrogen and oxygen atoms in total. The lowest BCUT2D eigenvalue weighted by atomic mass is 10.2. The first-order chi connectivity index (χ1) is 7.24. The lowest BCUT2D eigenvalue weighted by Gasteiger charge is -2.13. The second-order valence-electron chi connectivity index (χ2n) is 2.65. The average molecular weight is 212 g/mol. The summed E-state index contributed by atoms with van der Waals surface area (Å²) in [6.07, 6.45) is 0. The Hall–Kier alpha value is -1.38. The fraction of sp³-hybridized carbons (Fsp3) is 0.500. The Bertz CT molecular complexity index is 295. The van der Waals surface area contributed by atoms with Crippen molar-refractivity contribution in [2.45, 2.75) is 20.8 Å². The van der Waals surface area contributed by atoms with Gasteiger partial charge in [0.1, 0.15) is 0 Å². The highest BCUT2D eigenvalue weighted by atomic mass is 16.5. The van der Waals surface area contributed by atoms with Crippen LogP contribution < -0.4 is 14.2 Å². The van der Waals surface area contributed by atoms with Crippen LogP contribution >= 0.6 is 0 Å². The molecule has 0 aliphatic carbocycles. The number of hydrogen-bond acceptors (Lipinski definition) is 3. The molecule has 1 aromatic carbocycles. The molecule has 15 heavy (non-hydrogen) atoms. The normalized spacial score (nSPS) is 8.67.